The van der Waals surface area contributed by atoms with Crippen LogP contribution < -0.4 is 10.6 Å². The molecule has 1 atom stereocenters. The van der Waals surface area contributed by atoms with E-state index in [1.807, 2.05) is 45.0 Å². The van der Waals surface area contributed by atoms with Gasteiger partial charge in [0.2, 0.25) is 5.91 Å². The first kappa shape index (κ1) is 14.5. The van der Waals surface area contributed by atoms with Gasteiger partial charge >= 0.3 is 0 Å². The fourth-order valence-corrected chi connectivity index (χ4v) is 2.50. The molecule has 0 saturated carbocycles. The van der Waals surface area contributed by atoms with E-state index in [2.05, 4.69) is 26.6 Å². The third-order valence-corrected chi connectivity index (χ3v) is 4.46. The van der Waals surface area contributed by atoms with Crippen LogP contribution in [-0.4, -0.2) is 19.0 Å². The Hall–Kier alpha value is -0.870. The number of benzene rings is 1. The van der Waals surface area contributed by atoms with Crippen molar-refractivity contribution in [3.63, 3.8) is 0 Å². The minimum atomic E-state index is -0.344. The van der Waals surface area contributed by atoms with Crippen molar-refractivity contribution in [2.24, 2.45) is 11.8 Å². The lowest BCUT2D eigenvalue weighted by Crippen LogP contribution is -2.52. The van der Waals surface area contributed by atoms with Gasteiger partial charge in [-0.05, 0) is 50.6 Å². The van der Waals surface area contributed by atoms with Crippen LogP contribution in [0, 0.1) is 11.8 Å². The zero-order valence-corrected chi connectivity index (χ0v) is 13.3. The van der Waals surface area contributed by atoms with Gasteiger partial charge in [0.25, 0.3) is 0 Å². The number of hydrogen-bond acceptors (Lipinski definition) is 2. The summed E-state index contributed by atoms with van der Waals surface area (Å²) in [5.41, 5.74) is 0.770. The summed E-state index contributed by atoms with van der Waals surface area (Å²) in [5, 5.41) is 6.37. The van der Waals surface area contributed by atoms with Crippen molar-refractivity contribution in [3.05, 3.63) is 34.3 Å². The second-order valence-electron chi connectivity index (χ2n) is 5.83. The predicted molar refractivity (Wildman–Crippen MR) is 80.8 cm³/mol. The molecule has 1 heterocycles. The Balaban J connectivity index is 2.03. The second-order valence-corrected chi connectivity index (χ2v) is 6.74. The molecule has 1 aliphatic heterocycles. The highest BCUT2D eigenvalue weighted by Crippen LogP contribution is 2.24. The Morgan fingerprint density at radius 1 is 1.37 bits per heavy atom. The molecule has 1 aliphatic rings. The van der Waals surface area contributed by atoms with Gasteiger partial charge in [-0.25, -0.2) is 0 Å². The van der Waals surface area contributed by atoms with Crippen LogP contribution in [0.2, 0.25) is 0 Å². The lowest BCUT2D eigenvalue weighted by Gasteiger charge is -2.35. The number of rotatable bonds is 4. The second kappa shape index (κ2) is 5.63. The van der Waals surface area contributed by atoms with Crippen LogP contribution >= 0.6 is 15.9 Å². The lowest BCUT2D eigenvalue weighted by molar-refractivity contribution is -0.128. The highest BCUT2D eigenvalue weighted by atomic mass is 79.9. The van der Waals surface area contributed by atoms with Gasteiger partial charge in [-0.2, -0.15) is 0 Å². The smallest absolute Gasteiger partial charge is 0.223 e. The van der Waals surface area contributed by atoms with E-state index in [9.17, 15) is 4.79 Å². The highest BCUT2D eigenvalue weighted by Gasteiger charge is 2.32. The topological polar surface area (TPSA) is 41.1 Å². The van der Waals surface area contributed by atoms with Crippen molar-refractivity contribution in [2.45, 2.75) is 26.3 Å². The Bertz CT molecular complexity index is 452. The van der Waals surface area contributed by atoms with Crippen LogP contribution in [0.1, 0.15) is 26.3 Å². The molecule has 2 N–H and O–H groups in total. The number of carbonyl (C=O) groups is 1. The summed E-state index contributed by atoms with van der Waals surface area (Å²) >= 11 is 3.43. The van der Waals surface area contributed by atoms with Gasteiger partial charge in [0, 0.05) is 10.4 Å². The molecule has 0 bridgehead atoms. The molecule has 1 amide bonds. The molecule has 19 heavy (non-hydrogen) atoms. The summed E-state index contributed by atoms with van der Waals surface area (Å²) in [6, 6.07) is 8.09. The Morgan fingerprint density at radius 2 is 1.95 bits per heavy atom. The summed E-state index contributed by atoms with van der Waals surface area (Å²) < 4.78 is 1.05. The van der Waals surface area contributed by atoms with E-state index in [-0.39, 0.29) is 17.4 Å². The Labute approximate surface area is 123 Å². The molecule has 0 aromatic heterocycles. The molecule has 2 rings (SSSR count). The molecule has 104 valence electrons. The minimum Gasteiger partial charge on any atom is -0.347 e. The average Bonchev–Trinajstić information content (AvgIpc) is 2.26. The first-order chi connectivity index (χ1) is 8.90. The third kappa shape index (κ3) is 3.37. The van der Waals surface area contributed by atoms with Gasteiger partial charge in [-0.15, -0.1) is 0 Å². The van der Waals surface area contributed by atoms with Crippen LogP contribution in [-0.2, 0) is 10.3 Å². The van der Waals surface area contributed by atoms with Crippen molar-refractivity contribution in [1.82, 2.24) is 10.6 Å². The Morgan fingerprint density at radius 3 is 2.42 bits per heavy atom. The van der Waals surface area contributed by atoms with E-state index in [1.165, 1.54) is 0 Å². The highest BCUT2D eigenvalue weighted by molar-refractivity contribution is 9.10. The number of hydrogen-bond donors (Lipinski definition) is 2. The first-order valence-corrected chi connectivity index (χ1v) is 7.48. The van der Waals surface area contributed by atoms with Crippen LogP contribution in [0.3, 0.4) is 0 Å². The number of halogens is 1. The van der Waals surface area contributed by atoms with Gasteiger partial charge < -0.3 is 10.6 Å². The molecule has 0 aliphatic carbocycles. The monoisotopic (exact) mass is 324 g/mol. The van der Waals surface area contributed by atoms with Crippen molar-refractivity contribution in [2.75, 3.05) is 13.1 Å². The molecule has 0 spiro atoms. The van der Waals surface area contributed by atoms with Gasteiger partial charge in [-0.1, -0.05) is 35.0 Å². The molecule has 1 aromatic carbocycles. The van der Waals surface area contributed by atoms with E-state index in [4.69, 9.17) is 0 Å². The molecule has 4 heteroatoms. The molecule has 1 unspecified atom stereocenters. The van der Waals surface area contributed by atoms with Crippen molar-refractivity contribution in [1.29, 1.82) is 0 Å². The largest absolute Gasteiger partial charge is 0.347 e. The molecule has 3 nitrogen and oxygen atoms in total. The molecule has 1 aromatic rings. The van der Waals surface area contributed by atoms with Crippen LogP contribution in [0.5, 0.6) is 0 Å². The SMILES string of the molecule is CC(C(=O)NC(C)(C)c1ccc(Br)cc1)C1CNC1. The van der Waals surface area contributed by atoms with E-state index in [0.717, 1.165) is 23.1 Å². The maximum absolute atomic E-state index is 12.3. The van der Waals surface area contributed by atoms with Gasteiger partial charge in [0.1, 0.15) is 0 Å². The summed E-state index contributed by atoms with van der Waals surface area (Å²) in [7, 11) is 0. The maximum Gasteiger partial charge on any atom is 0.223 e. The van der Waals surface area contributed by atoms with Crippen molar-refractivity contribution in [3.8, 4) is 0 Å². The maximum atomic E-state index is 12.3. The van der Waals surface area contributed by atoms with Crippen molar-refractivity contribution < 1.29 is 4.79 Å². The summed E-state index contributed by atoms with van der Waals surface area (Å²) in [6.45, 7) is 8.00. The normalized spacial score (nSPS) is 17.7. The van der Waals surface area contributed by atoms with E-state index < -0.39 is 0 Å². The van der Waals surface area contributed by atoms with Crippen LogP contribution in [0.4, 0.5) is 0 Å². The van der Waals surface area contributed by atoms with E-state index >= 15 is 0 Å². The van der Waals surface area contributed by atoms with Crippen molar-refractivity contribution >= 4 is 21.8 Å². The predicted octanol–water partition coefficient (Wildman–Crippen LogP) is 2.66. The fourth-order valence-electron chi connectivity index (χ4n) is 2.24. The van der Waals surface area contributed by atoms with Gasteiger partial charge in [0.05, 0.1) is 5.54 Å². The number of carbonyl (C=O) groups excluding carboxylic acids is 1. The third-order valence-electron chi connectivity index (χ3n) is 3.94. The average molecular weight is 325 g/mol. The molecule has 1 fully saturated rings. The molecule has 0 radical (unpaired) electrons. The standard InChI is InChI=1S/C15H21BrN2O/c1-10(11-8-17-9-11)14(19)18-15(2,3)12-4-6-13(16)7-5-12/h4-7,10-11,17H,8-9H2,1-3H3,(H,18,19). The summed E-state index contributed by atoms with van der Waals surface area (Å²) in [5.74, 6) is 0.677. The summed E-state index contributed by atoms with van der Waals surface area (Å²) in [4.78, 5) is 12.3. The molecular weight excluding hydrogens is 304 g/mol. The summed E-state index contributed by atoms with van der Waals surface area (Å²) in [6.07, 6.45) is 0. The number of nitrogens with one attached hydrogen (secondary N) is 2. The van der Waals surface area contributed by atoms with E-state index in [1.54, 1.807) is 0 Å². The fraction of sp³-hybridized carbons (Fsp3) is 0.533. The molecular formula is C15H21BrN2O. The van der Waals surface area contributed by atoms with E-state index in [0.29, 0.717) is 5.92 Å². The van der Waals surface area contributed by atoms with Crippen LogP contribution in [0.15, 0.2) is 28.7 Å². The number of amides is 1. The van der Waals surface area contributed by atoms with Gasteiger partial charge in [-0.3, -0.25) is 4.79 Å². The Kier molecular flexibility index (Phi) is 4.31. The van der Waals surface area contributed by atoms with Crippen LogP contribution in [0.25, 0.3) is 0 Å². The van der Waals surface area contributed by atoms with Gasteiger partial charge in [0.15, 0.2) is 0 Å². The molecule has 1 saturated heterocycles. The quantitative estimate of drug-likeness (QED) is 0.894. The lowest BCUT2D eigenvalue weighted by atomic mass is 9.86. The zero-order chi connectivity index (χ0) is 14.0. The first-order valence-electron chi connectivity index (χ1n) is 6.69. The minimum absolute atomic E-state index is 0.0657. The zero-order valence-electron chi connectivity index (χ0n) is 11.7.